The maximum atomic E-state index is 2.43. The van der Waals surface area contributed by atoms with E-state index in [2.05, 4.69) is 303 Å². The van der Waals surface area contributed by atoms with Gasteiger partial charge in [0.15, 0.2) is 0 Å². The van der Waals surface area contributed by atoms with Crippen LogP contribution < -0.4 is 0 Å². The van der Waals surface area contributed by atoms with E-state index < -0.39 is 0 Å². The van der Waals surface area contributed by atoms with Crippen molar-refractivity contribution in [3.63, 3.8) is 0 Å². The molecule has 0 bridgehead atoms. The number of hydrogen-bond donors (Lipinski definition) is 0. The van der Waals surface area contributed by atoms with E-state index in [1.54, 1.807) is 0 Å². The standard InChI is InChI=1S/C82H50/c1-2-25-52(26-3-1)73-49-53-28-4-5-29-54(53)50-74(73)76-59-34-10-14-38-63(59)78(64-39-15-11-35-60(64)76)80-67-42-18-22-46-71(67)82(72-47-23-19-43-68(72)80)81-69-44-20-16-40-65(69)79(66-41-17-21-45-70(66)81)77-61-36-12-8-32-57(61)75(58-33-9-13-37-62(58)77)56-48-24-30-51-27-6-7-31-55(51)56/h1-50H. The molecule has 0 N–H and O–H groups in total. The molecule has 0 aliphatic carbocycles. The Morgan fingerprint density at radius 1 is 0.122 bits per heavy atom. The highest BCUT2D eigenvalue weighted by Gasteiger charge is 2.28. The highest BCUT2D eigenvalue weighted by molar-refractivity contribution is 6.36. The minimum atomic E-state index is 1.21. The molecule has 0 saturated carbocycles. The normalized spacial score (nSPS) is 11.9. The summed E-state index contributed by atoms with van der Waals surface area (Å²) in [6, 6.07) is 114. The first-order chi connectivity index (χ1) is 40.8. The van der Waals surface area contributed by atoms with Crippen molar-refractivity contribution < 1.29 is 0 Å². The third kappa shape index (κ3) is 6.86. The number of benzene rings is 17. The molecule has 0 atom stereocenters. The van der Waals surface area contributed by atoms with Gasteiger partial charge in [-0.05, 0) is 187 Å². The van der Waals surface area contributed by atoms with E-state index in [1.807, 2.05) is 0 Å². The molecule has 0 aliphatic heterocycles. The maximum Gasteiger partial charge on any atom is -0.00139 e. The Bertz CT molecular complexity index is 5280. The topological polar surface area (TPSA) is 0 Å². The molecule has 0 aliphatic rings. The Kier molecular flexibility index (Phi) is 10.4. The first-order valence-electron chi connectivity index (χ1n) is 28.6. The molecule has 17 aromatic carbocycles. The Morgan fingerprint density at radius 3 is 0.659 bits per heavy atom. The fourth-order valence-corrected chi connectivity index (χ4v) is 14.5. The molecular weight excluding hydrogens is 985 g/mol. The average molecular weight is 1040 g/mol. The fraction of sp³-hybridized carbons (Fsp3) is 0. The SMILES string of the molecule is c1ccc(-c2cc3ccccc3cc2-c2c3ccccc3c(-c3c4ccccc4c(-c4c5ccccc5c(-c5c6ccccc6c(-c6cccc7ccccc67)c6ccccc56)c5ccccc45)c4ccccc34)c3ccccc23)cc1. The number of hydrogen-bond acceptors (Lipinski definition) is 0. The van der Waals surface area contributed by atoms with Crippen molar-refractivity contribution in [2.24, 2.45) is 0 Å². The quantitative estimate of drug-likeness (QED) is 0.146. The molecule has 0 fully saturated rings. The fourth-order valence-electron chi connectivity index (χ4n) is 14.5. The van der Waals surface area contributed by atoms with Crippen LogP contribution in [0.5, 0.6) is 0 Å². The minimum Gasteiger partial charge on any atom is -0.0622 e. The van der Waals surface area contributed by atoms with Gasteiger partial charge in [0.25, 0.3) is 0 Å². The monoisotopic (exact) mass is 1030 g/mol. The zero-order chi connectivity index (χ0) is 53.8. The molecule has 0 heterocycles. The second kappa shape index (κ2) is 18.5. The van der Waals surface area contributed by atoms with Crippen LogP contribution in [0, 0.1) is 0 Å². The molecular formula is C82H50. The zero-order valence-corrected chi connectivity index (χ0v) is 44.9. The second-order valence-corrected chi connectivity index (χ2v) is 22.0. The summed E-state index contributed by atoms with van der Waals surface area (Å²) in [6.45, 7) is 0. The van der Waals surface area contributed by atoms with Gasteiger partial charge in [-0.1, -0.05) is 291 Å². The van der Waals surface area contributed by atoms with Crippen LogP contribution in [0.4, 0.5) is 0 Å². The first-order valence-corrected chi connectivity index (χ1v) is 28.6. The minimum absolute atomic E-state index is 1.21. The Morgan fingerprint density at radius 2 is 0.341 bits per heavy atom. The zero-order valence-electron chi connectivity index (χ0n) is 44.9. The van der Waals surface area contributed by atoms with Crippen molar-refractivity contribution in [2.75, 3.05) is 0 Å². The summed E-state index contributed by atoms with van der Waals surface area (Å²) in [5.41, 5.74) is 15.0. The lowest BCUT2D eigenvalue weighted by atomic mass is 9.78. The smallest absolute Gasteiger partial charge is 0.00139 e. The van der Waals surface area contributed by atoms with E-state index in [9.17, 15) is 0 Å². The highest BCUT2D eigenvalue weighted by Crippen LogP contribution is 2.55. The van der Waals surface area contributed by atoms with Crippen LogP contribution in [0.2, 0.25) is 0 Å². The summed E-state index contributed by atoms with van der Waals surface area (Å²) in [4.78, 5) is 0. The second-order valence-electron chi connectivity index (χ2n) is 22.0. The molecule has 17 rings (SSSR count). The van der Waals surface area contributed by atoms with Crippen LogP contribution in [0.1, 0.15) is 0 Å². The predicted molar refractivity (Wildman–Crippen MR) is 354 cm³/mol. The van der Waals surface area contributed by atoms with Crippen LogP contribution in [0.3, 0.4) is 0 Å². The van der Waals surface area contributed by atoms with E-state index in [1.165, 1.54) is 174 Å². The lowest BCUT2D eigenvalue weighted by Gasteiger charge is -2.25. The molecule has 0 nitrogen and oxygen atoms in total. The molecule has 0 spiro atoms. The summed E-state index contributed by atoms with van der Waals surface area (Å²) in [6.07, 6.45) is 0. The molecule has 0 aromatic heterocycles. The largest absolute Gasteiger partial charge is 0.0622 e. The Labute approximate surface area is 475 Å². The van der Waals surface area contributed by atoms with E-state index in [4.69, 9.17) is 0 Å². The summed E-state index contributed by atoms with van der Waals surface area (Å²) in [5.74, 6) is 0. The van der Waals surface area contributed by atoms with Crippen molar-refractivity contribution in [3.8, 4) is 66.8 Å². The van der Waals surface area contributed by atoms with Gasteiger partial charge in [-0.2, -0.15) is 0 Å². The van der Waals surface area contributed by atoms with Gasteiger partial charge in [0, 0.05) is 0 Å². The summed E-state index contributed by atoms with van der Waals surface area (Å²) < 4.78 is 0. The Balaban J connectivity index is 0.970. The van der Waals surface area contributed by atoms with E-state index in [0.29, 0.717) is 0 Å². The number of fused-ring (bicyclic) bond motifs is 10. The van der Waals surface area contributed by atoms with Crippen LogP contribution in [-0.2, 0) is 0 Å². The molecule has 0 unspecified atom stereocenters. The van der Waals surface area contributed by atoms with Crippen molar-refractivity contribution in [1.82, 2.24) is 0 Å². The van der Waals surface area contributed by atoms with E-state index in [-0.39, 0.29) is 0 Å². The third-order valence-corrected chi connectivity index (χ3v) is 17.8. The molecule has 0 saturated heterocycles. The van der Waals surface area contributed by atoms with Crippen molar-refractivity contribution >= 4 is 108 Å². The summed E-state index contributed by atoms with van der Waals surface area (Å²) in [7, 11) is 0. The van der Waals surface area contributed by atoms with Crippen molar-refractivity contribution in [3.05, 3.63) is 303 Å². The predicted octanol–water partition coefficient (Wildman–Crippen LogP) is 23.2. The summed E-state index contributed by atoms with van der Waals surface area (Å²) in [5, 5.41) is 24.7. The van der Waals surface area contributed by atoms with E-state index >= 15 is 0 Å². The number of rotatable bonds is 6. The molecule has 82 heavy (non-hydrogen) atoms. The molecule has 17 aromatic rings. The van der Waals surface area contributed by atoms with Gasteiger partial charge in [-0.3, -0.25) is 0 Å². The van der Waals surface area contributed by atoms with E-state index in [0.717, 1.165) is 0 Å². The van der Waals surface area contributed by atoms with Gasteiger partial charge in [-0.15, -0.1) is 0 Å². The van der Waals surface area contributed by atoms with Gasteiger partial charge in [0.1, 0.15) is 0 Å². The average Bonchev–Trinajstić information content (AvgIpc) is 1.59. The van der Waals surface area contributed by atoms with Crippen LogP contribution in [0.15, 0.2) is 303 Å². The van der Waals surface area contributed by atoms with Gasteiger partial charge in [0.05, 0.1) is 0 Å². The molecule has 378 valence electrons. The lowest BCUT2D eigenvalue weighted by molar-refractivity contribution is 1.63. The maximum absolute atomic E-state index is 2.43. The first kappa shape index (κ1) is 46.3. The van der Waals surface area contributed by atoms with Crippen LogP contribution in [-0.4, -0.2) is 0 Å². The van der Waals surface area contributed by atoms with Crippen molar-refractivity contribution in [2.45, 2.75) is 0 Å². The van der Waals surface area contributed by atoms with Crippen molar-refractivity contribution in [1.29, 1.82) is 0 Å². The highest BCUT2D eigenvalue weighted by atomic mass is 14.3. The van der Waals surface area contributed by atoms with Gasteiger partial charge in [-0.25, -0.2) is 0 Å². The Hall–Kier alpha value is -10.7. The van der Waals surface area contributed by atoms with Crippen LogP contribution >= 0.6 is 0 Å². The van der Waals surface area contributed by atoms with Gasteiger partial charge in [0.2, 0.25) is 0 Å². The van der Waals surface area contributed by atoms with Crippen LogP contribution in [0.25, 0.3) is 174 Å². The summed E-state index contributed by atoms with van der Waals surface area (Å²) >= 11 is 0. The molecule has 0 radical (unpaired) electrons. The third-order valence-electron chi connectivity index (χ3n) is 17.8. The molecule has 0 amide bonds. The van der Waals surface area contributed by atoms with Gasteiger partial charge < -0.3 is 0 Å². The lowest BCUT2D eigenvalue weighted by Crippen LogP contribution is -1.97. The molecule has 0 heteroatoms. The van der Waals surface area contributed by atoms with Gasteiger partial charge >= 0.3 is 0 Å².